The maximum Gasteiger partial charge on any atom is 0.142 e. The summed E-state index contributed by atoms with van der Waals surface area (Å²) in [5.41, 5.74) is 0. The summed E-state index contributed by atoms with van der Waals surface area (Å²) in [4.78, 5) is 6.85. The van der Waals surface area contributed by atoms with Gasteiger partial charge in [-0.05, 0) is 53.7 Å². The number of aromatic nitrogens is 1. The van der Waals surface area contributed by atoms with Gasteiger partial charge in [-0.1, -0.05) is 11.6 Å². The van der Waals surface area contributed by atoms with E-state index in [2.05, 4.69) is 31.1 Å². The Balaban J connectivity index is 1.77. The molecule has 0 saturated carbocycles. The van der Waals surface area contributed by atoms with Crippen LogP contribution < -0.4 is 10.2 Å². The van der Waals surface area contributed by atoms with Crippen molar-refractivity contribution < 1.29 is 0 Å². The smallest absolute Gasteiger partial charge is 0.142 e. The third kappa shape index (κ3) is 2.51. The highest BCUT2D eigenvalue weighted by Crippen LogP contribution is 2.32. The van der Waals surface area contributed by atoms with Crippen LogP contribution in [0.2, 0.25) is 5.02 Å². The lowest BCUT2D eigenvalue weighted by atomic mass is 9.85. The van der Waals surface area contributed by atoms with Crippen molar-refractivity contribution in [1.29, 1.82) is 0 Å². The summed E-state index contributed by atoms with van der Waals surface area (Å²) in [6.45, 7) is 3.36. The van der Waals surface area contributed by atoms with Crippen molar-refractivity contribution in [2.45, 2.75) is 25.3 Å². The summed E-state index contributed by atoms with van der Waals surface area (Å²) in [7, 11) is 0. The van der Waals surface area contributed by atoms with E-state index in [0.29, 0.717) is 11.1 Å². The van der Waals surface area contributed by atoms with Crippen molar-refractivity contribution in [3.05, 3.63) is 21.8 Å². The first kappa shape index (κ1) is 12.7. The van der Waals surface area contributed by atoms with Crippen molar-refractivity contribution in [3.63, 3.8) is 0 Å². The maximum atomic E-state index is 5.95. The van der Waals surface area contributed by atoms with Gasteiger partial charge in [-0.25, -0.2) is 4.98 Å². The number of piperidine rings is 2. The van der Waals surface area contributed by atoms with E-state index in [0.717, 1.165) is 29.3 Å². The molecule has 1 aromatic rings. The summed E-state index contributed by atoms with van der Waals surface area (Å²) in [6.07, 6.45) is 5.57. The normalized spacial score (nSPS) is 28.0. The number of nitrogens with one attached hydrogen (secondary N) is 1. The molecule has 1 N–H and O–H groups in total. The number of halogens is 2. The molecule has 3 heterocycles. The van der Waals surface area contributed by atoms with E-state index in [4.69, 9.17) is 11.6 Å². The minimum absolute atomic E-state index is 0.680. The van der Waals surface area contributed by atoms with Crippen molar-refractivity contribution in [3.8, 4) is 0 Å². The molecule has 2 fully saturated rings. The molecule has 2 atom stereocenters. The molecule has 2 saturated heterocycles. The van der Waals surface area contributed by atoms with E-state index in [-0.39, 0.29) is 0 Å². The van der Waals surface area contributed by atoms with Gasteiger partial charge in [0.15, 0.2) is 0 Å². The predicted molar refractivity (Wildman–Crippen MR) is 78.3 cm³/mol. The van der Waals surface area contributed by atoms with E-state index in [9.17, 15) is 0 Å². The lowest BCUT2D eigenvalue weighted by molar-refractivity contribution is 0.244. The molecule has 0 aliphatic carbocycles. The average molecular weight is 331 g/mol. The zero-order chi connectivity index (χ0) is 12.5. The number of hydrogen-bond acceptors (Lipinski definition) is 3. The Hall–Kier alpha value is -0.320. The molecule has 3 nitrogen and oxygen atoms in total. The zero-order valence-corrected chi connectivity index (χ0v) is 12.5. The molecular weight excluding hydrogens is 314 g/mol. The first-order valence-corrected chi connectivity index (χ1v) is 7.70. The fourth-order valence-corrected chi connectivity index (χ4v) is 3.97. The van der Waals surface area contributed by atoms with Gasteiger partial charge >= 0.3 is 0 Å². The molecule has 0 radical (unpaired) electrons. The molecule has 0 bridgehead atoms. The molecule has 2 aliphatic rings. The highest BCUT2D eigenvalue weighted by Gasteiger charge is 2.31. The quantitative estimate of drug-likeness (QED) is 0.858. The number of rotatable bonds is 1. The number of fused-ring (bicyclic) bond motifs is 1. The van der Waals surface area contributed by atoms with Crippen LogP contribution in [0.1, 0.15) is 19.3 Å². The summed E-state index contributed by atoms with van der Waals surface area (Å²) in [6, 6.07) is 2.64. The van der Waals surface area contributed by atoms with Gasteiger partial charge in [-0.15, -0.1) is 0 Å². The van der Waals surface area contributed by atoms with Gasteiger partial charge in [0.05, 0.1) is 9.50 Å². The van der Waals surface area contributed by atoms with Crippen molar-refractivity contribution in [1.82, 2.24) is 10.3 Å². The van der Waals surface area contributed by atoms with Gasteiger partial charge < -0.3 is 10.2 Å². The Morgan fingerprint density at radius 3 is 3.17 bits per heavy atom. The van der Waals surface area contributed by atoms with Gasteiger partial charge in [0, 0.05) is 25.3 Å². The lowest BCUT2D eigenvalue weighted by Crippen LogP contribution is -2.52. The second-order valence-electron chi connectivity index (χ2n) is 5.16. The third-order valence-electron chi connectivity index (χ3n) is 3.98. The zero-order valence-electron chi connectivity index (χ0n) is 10.2. The summed E-state index contributed by atoms with van der Waals surface area (Å²) < 4.78 is 0.997. The van der Waals surface area contributed by atoms with E-state index in [1.54, 1.807) is 6.20 Å². The van der Waals surface area contributed by atoms with E-state index < -0.39 is 0 Å². The number of hydrogen-bond donors (Lipinski definition) is 1. The molecule has 0 aromatic carbocycles. The summed E-state index contributed by atoms with van der Waals surface area (Å²) in [5, 5.41) is 4.32. The first-order valence-electron chi connectivity index (χ1n) is 6.53. The highest BCUT2D eigenvalue weighted by atomic mass is 79.9. The van der Waals surface area contributed by atoms with E-state index >= 15 is 0 Å². The molecule has 0 amide bonds. The fourth-order valence-electron chi connectivity index (χ4n) is 3.08. The van der Waals surface area contributed by atoms with Crippen LogP contribution in [0, 0.1) is 5.92 Å². The predicted octanol–water partition coefficient (Wildman–Crippen LogP) is 3.08. The summed E-state index contributed by atoms with van der Waals surface area (Å²) >= 11 is 9.51. The second kappa shape index (κ2) is 5.35. The van der Waals surface area contributed by atoms with Gasteiger partial charge in [0.1, 0.15) is 5.82 Å². The second-order valence-corrected chi connectivity index (χ2v) is 6.45. The summed E-state index contributed by atoms with van der Waals surface area (Å²) in [5.74, 6) is 1.79. The van der Waals surface area contributed by atoms with E-state index in [1.807, 2.05) is 6.07 Å². The largest absolute Gasteiger partial charge is 0.355 e. The minimum atomic E-state index is 0.680. The molecule has 18 heavy (non-hydrogen) atoms. The van der Waals surface area contributed by atoms with Crippen LogP contribution in [0.5, 0.6) is 0 Å². The Kier molecular flexibility index (Phi) is 3.78. The first-order chi connectivity index (χ1) is 8.74. The maximum absolute atomic E-state index is 5.95. The molecular formula is C13H17BrClN3. The molecule has 1 aromatic heterocycles. The van der Waals surface area contributed by atoms with Crippen molar-refractivity contribution in [2.24, 2.45) is 5.92 Å². The van der Waals surface area contributed by atoms with Crippen LogP contribution in [0.4, 0.5) is 5.82 Å². The van der Waals surface area contributed by atoms with Crippen LogP contribution in [0.25, 0.3) is 0 Å². The highest BCUT2D eigenvalue weighted by molar-refractivity contribution is 9.10. The molecule has 2 aliphatic heterocycles. The minimum Gasteiger partial charge on any atom is -0.355 e. The van der Waals surface area contributed by atoms with Crippen LogP contribution >= 0.6 is 27.5 Å². The number of nitrogens with zero attached hydrogens (tertiary/aromatic N) is 2. The van der Waals surface area contributed by atoms with E-state index in [1.165, 1.54) is 25.8 Å². The Morgan fingerprint density at radius 2 is 2.33 bits per heavy atom. The lowest BCUT2D eigenvalue weighted by Gasteiger charge is -2.42. The standard InChI is InChI=1S/C13H17BrClN3/c14-11-6-10(15)7-17-13(11)18-5-3-12-9(8-18)2-1-4-16-12/h6-7,9,12,16H,1-5,8H2. The Morgan fingerprint density at radius 1 is 1.44 bits per heavy atom. The number of pyridine rings is 1. The van der Waals surface area contributed by atoms with Crippen LogP contribution in [-0.4, -0.2) is 30.7 Å². The van der Waals surface area contributed by atoms with Crippen LogP contribution in [-0.2, 0) is 0 Å². The Labute approximate surface area is 121 Å². The average Bonchev–Trinajstić information content (AvgIpc) is 2.38. The fraction of sp³-hybridized carbons (Fsp3) is 0.615. The Bertz CT molecular complexity index is 440. The molecule has 98 valence electrons. The van der Waals surface area contributed by atoms with Gasteiger partial charge in [0.2, 0.25) is 0 Å². The molecule has 3 rings (SSSR count). The topological polar surface area (TPSA) is 28.2 Å². The SMILES string of the molecule is Clc1cnc(N2CCC3NCCCC3C2)c(Br)c1. The van der Waals surface area contributed by atoms with Crippen LogP contribution in [0.15, 0.2) is 16.7 Å². The van der Waals surface area contributed by atoms with Gasteiger partial charge in [-0.3, -0.25) is 0 Å². The van der Waals surface area contributed by atoms with Gasteiger partial charge in [0.25, 0.3) is 0 Å². The van der Waals surface area contributed by atoms with Crippen molar-refractivity contribution in [2.75, 3.05) is 24.5 Å². The molecule has 5 heteroatoms. The number of anilines is 1. The molecule has 0 spiro atoms. The van der Waals surface area contributed by atoms with Crippen molar-refractivity contribution >= 4 is 33.3 Å². The molecule has 2 unspecified atom stereocenters. The third-order valence-corrected chi connectivity index (χ3v) is 4.77. The monoisotopic (exact) mass is 329 g/mol. The van der Waals surface area contributed by atoms with Crippen LogP contribution in [0.3, 0.4) is 0 Å². The van der Waals surface area contributed by atoms with Gasteiger partial charge in [-0.2, -0.15) is 0 Å².